The quantitative estimate of drug-likeness (QED) is 0.879. The molecule has 1 aromatic heterocycles. The summed E-state index contributed by atoms with van der Waals surface area (Å²) in [6.45, 7) is 4.37. The van der Waals surface area contributed by atoms with Crippen LogP contribution in [0, 0.1) is 5.92 Å². The third-order valence-electron chi connectivity index (χ3n) is 4.54. The molecule has 0 unspecified atom stereocenters. The van der Waals surface area contributed by atoms with E-state index in [2.05, 4.69) is 35.1 Å². The first-order chi connectivity index (χ1) is 9.74. The van der Waals surface area contributed by atoms with Crippen molar-refractivity contribution in [3.63, 3.8) is 0 Å². The average molecular weight is 291 g/mol. The second kappa shape index (κ2) is 6.19. The van der Waals surface area contributed by atoms with Gasteiger partial charge in [-0.15, -0.1) is 0 Å². The number of benzene rings is 1. The molecule has 1 fully saturated rings. The lowest BCUT2D eigenvalue weighted by Gasteiger charge is -2.27. The summed E-state index contributed by atoms with van der Waals surface area (Å²) in [5.74, 6) is 0.917. The Balaban J connectivity index is 1.58. The Morgan fingerprint density at radius 3 is 2.80 bits per heavy atom. The summed E-state index contributed by atoms with van der Waals surface area (Å²) in [6.07, 6.45) is 7.54. The van der Waals surface area contributed by atoms with Crippen molar-refractivity contribution < 1.29 is 0 Å². The van der Waals surface area contributed by atoms with E-state index in [-0.39, 0.29) is 0 Å². The third kappa shape index (κ3) is 3.02. The maximum absolute atomic E-state index is 6.31. The topological polar surface area (TPSA) is 17.0 Å². The Hall–Kier alpha value is -0.990. The summed E-state index contributed by atoms with van der Waals surface area (Å²) in [5, 5.41) is 5.77. The lowest BCUT2D eigenvalue weighted by atomic mass is 9.87. The molecule has 1 saturated carbocycles. The first kappa shape index (κ1) is 14.0. The Kier molecular flexibility index (Phi) is 4.32. The van der Waals surface area contributed by atoms with Gasteiger partial charge in [-0.3, -0.25) is 0 Å². The van der Waals surface area contributed by atoms with Crippen LogP contribution in [-0.4, -0.2) is 17.2 Å². The van der Waals surface area contributed by atoms with Gasteiger partial charge in [0.25, 0.3) is 0 Å². The van der Waals surface area contributed by atoms with Crippen molar-refractivity contribution in [1.29, 1.82) is 0 Å². The Bertz CT molecular complexity index is 567. The summed E-state index contributed by atoms with van der Waals surface area (Å²) in [7, 11) is 0. The zero-order chi connectivity index (χ0) is 13.9. The van der Waals surface area contributed by atoms with E-state index in [1.807, 2.05) is 12.1 Å². The summed E-state index contributed by atoms with van der Waals surface area (Å²) >= 11 is 6.31. The summed E-state index contributed by atoms with van der Waals surface area (Å²) in [6, 6.07) is 8.95. The lowest BCUT2D eigenvalue weighted by molar-refractivity contribution is 0.305. The minimum Gasteiger partial charge on any atom is -0.345 e. The van der Waals surface area contributed by atoms with E-state index < -0.39 is 0 Å². The fourth-order valence-corrected chi connectivity index (χ4v) is 3.54. The molecule has 2 nitrogen and oxygen atoms in total. The molecule has 108 valence electrons. The van der Waals surface area contributed by atoms with Crippen LogP contribution in [0.4, 0.5) is 0 Å². The van der Waals surface area contributed by atoms with Crippen molar-refractivity contribution in [2.24, 2.45) is 5.92 Å². The van der Waals surface area contributed by atoms with Gasteiger partial charge in [0, 0.05) is 30.7 Å². The zero-order valence-corrected chi connectivity index (χ0v) is 12.9. The van der Waals surface area contributed by atoms with Crippen LogP contribution >= 0.6 is 11.6 Å². The van der Waals surface area contributed by atoms with Crippen LogP contribution in [0.1, 0.15) is 32.6 Å². The van der Waals surface area contributed by atoms with Crippen molar-refractivity contribution in [2.75, 3.05) is 6.54 Å². The molecule has 1 aliphatic rings. The summed E-state index contributed by atoms with van der Waals surface area (Å²) in [4.78, 5) is 0. The van der Waals surface area contributed by atoms with Crippen LogP contribution in [0.3, 0.4) is 0 Å². The van der Waals surface area contributed by atoms with Gasteiger partial charge in [-0.05, 0) is 43.7 Å². The van der Waals surface area contributed by atoms with Gasteiger partial charge >= 0.3 is 0 Å². The molecule has 1 aliphatic carbocycles. The van der Waals surface area contributed by atoms with Gasteiger partial charge in [0.15, 0.2) is 0 Å². The van der Waals surface area contributed by atoms with Gasteiger partial charge in [-0.2, -0.15) is 0 Å². The SMILES string of the molecule is CC1CCC(NCCn2ccc3cccc(Cl)c32)CC1. The maximum atomic E-state index is 6.31. The Morgan fingerprint density at radius 2 is 2.00 bits per heavy atom. The number of fused-ring (bicyclic) bond motifs is 1. The van der Waals surface area contributed by atoms with Gasteiger partial charge in [-0.1, -0.05) is 30.7 Å². The molecule has 0 bridgehead atoms. The molecule has 0 saturated heterocycles. The van der Waals surface area contributed by atoms with E-state index in [1.54, 1.807) is 0 Å². The molecule has 0 atom stereocenters. The molecule has 3 rings (SSSR count). The number of halogens is 1. The third-order valence-corrected chi connectivity index (χ3v) is 4.85. The molecular weight excluding hydrogens is 268 g/mol. The standard InChI is InChI=1S/C17H23ClN2/c1-13-5-7-15(8-6-13)19-10-12-20-11-9-14-3-2-4-16(18)17(14)20/h2-4,9,11,13,15,19H,5-8,10,12H2,1H3. The molecule has 0 spiro atoms. The first-order valence-corrected chi connectivity index (χ1v) is 8.08. The normalized spacial score (nSPS) is 23.3. The molecular formula is C17H23ClN2. The van der Waals surface area contributed by atoms with Crippen molar-refractivity contribution in [2.45, 2.75) is 45.2 Å². The predicted molar refractivity (Wildman–Crippen MR) is 86.4 cm³/mol. The van der Waals surface area contributed by atoms with Crippen molar-refractivity contribution >= 4 is 22.5 Å². The van der Waals surface area contributed by atoms with Gasteiger partial charge in [-0.25, -0.2) is 0 Å². The number of rotatable bonds is 4. The van der Waals surface area contributed by atoms with E-state index in [0.717, 1.165) is 29.5 Å². The van der Waals surface area contributed by atoms with E-state index in [1.165, 1.54) is 31.1 Å². The second-order valence-electron chi connectivity index (χ2n) is 6.10. The summed E-state index contributed by atoms with van der Waals surface area (Å²) in [5.41, 5.74) is 1.16. The van der Waals surface area contributed by atoms with Gasteiger partial charge in [0.1, 0.15) is 0 Å². The van der Waals surface area contributed by atoms with Crippen LogP contribution in [0.2, 0.25) is 5.02 Å². The number of hydrogen-bond acceptors (Lipinski definition) is 1. The molecule has 20 heavy (non-hydrogen) atoms. The number of para-hydroxylation sites is 1. The van der Waals surface area contributed by atoms with Crippen molar-refractivity contribution in [3.8, 4) is 0 Å². The molecule has 1 aromatic carbocycles. The zero-order valence-electron chi connectivity index (χ0n) is 12.1. The van der Waals surface area contributed by atoms with Crippen molar-refractivity contribution in [3.05, 3.63) is 35.5 Å². The van der Waals surface area contributed by atoms with Crippen LogP contribution in [0.15, 0.2) is 30.5 Å². The predicted octanol–water partition coefficient (Wildman–Crippen LogP) is 4.46. The van der Waals surface area contributed by atoms with Crippen LogP contribution in [0.5, 0.6) is 0 Å². The number of hydrogen-bond donors (Lipinski definition) is 1. The monoisotopic (exact) mass is 290 g/mol. The highest BCUT2D eigenvalue weighted by atomic mass is 35.5. The number of nitrogens with zero attached hydrogens (tertiary/aromatic N) is 1. The number of nitrogens with one attached hydrogen (secondary N) is 1. The molecule has 0 amide bonds. The highest BCUT2D eigenvalue weighted by molar-refractivity contribution is 6.35. The van der Waals surface area contributed by atoms with Crippen molar-refractivity contribution in [1.82, 2.24) is 9.88 Å². The fourth-order valence-electron chi connectivity index (χ4n) is 3.25. The van der Waals surface area contributed by atoms with E-state index in [9.17, 15) is 0 Å². The van der Waals surface area contributed by atoms with Gasteiger partial charge < -0.3 is 9.88 Å². The average Bonchev–Trinajstić information content (AvgIpc) is 2.86. The number of aromatic nitrogens is 1. The highest BCUT2D eigenvalue weighted by Gasteiger charge is 2.17. The molecule has 0 aliphatic heterocycles. The molecule has 0 radical (unpaired) electrons. The highest BCUT2D eigenvalue weighted by Crippen LogP contribution is 2.25. The van der Waals surface area contributed by atoms with E-state index in [4.69, 9.17) is 11.6 Å². The minimum absolute atomic E-state index is 0.712. The molecule has 1 N–H and O–H groups in total. The smallest absolute Gasteiger partial charge is 0.0670 e. The Labute approximate surface area is 126 Å². The van der Waals surface area contributed by atoms with Crippen LogP contribution in [-0.2, 0) is 6.54 Å². The maximum Gasteiger partial charge on any atom is 0.0670 e. The van der Waals surface area contributed by atoms with Gasteiger partial charge in [0.2, 0.25) is 0 Å². The van der Waals surface area contributed by atoms with E-state index in [0.29, 0.717) is 6.04 Å². The van der Waals surface area contributed by atoms with Crippen LogP contribution < -0.4 is 5.32 Å². The lowest BCUT2D eigenvalue weighted by Crippen LogP contribution is -2.34. The molecule has 1 heterocycles. The first-order valence-electron chi connectivity index (χ1n) is 7.71. The van der Waals surface area contributed by atoms with Crippen LogP contribution in [0.25, 0.3) is 10.9 Å². The summed E-state index contributed by atoms with van der Waals surface area (Å²) < 4.78 is 2.26. The second-order valence-corrected chi connectivity index (χ2v) is 6.50. The Morgan fingerprint density at radius 1 is 1.20 bits per heavy atom. The molecule has 2 aromatic rings. The van der Waals surface area contributed by atoms with E-state index >= 15 is 0 Å². The van der Waals surface area contributed by atoms with Gasteiger partial charge in [0.05, 0.1) is 10.5 Å². The minimum atomic E-state index is 0.712. The molecule has 3 heteroatoms. The largest absolute Gasteiger partial charge is 0.345 e. The fraction of sp³-hybridized carbons (Fsp3) is 0.529.